The van der Waals surface area contributed by atoms with E-state index in [-0.39, 0.29) is 17.4 Å². The zero-order valence-electron chi connectivity index (χ0n) is 17.8. The topological polar surface area (TPSA) is 87.2 Å². The average molecular weight is 436 g/mol. The number of thiazole rings is 1. The first-order chi connectivity index (χ1) is 14.8. The van der Waals surface area contributed by atoms with Crippen LogP contribution in [-0.2, 0) is 18.4 Å². The molecular formula is C23H25N5O2S. The molecule has 31 heavy (non-hydrogen) atoms. The van der Waals surface area contributed by atoms with E-state index in [4.69, 9.17) is 0 Å². The normalized spacial score (nSPS) is 13.5. The first-order valence-corrected chi connectivity index (χ1v) is 11.0. The monoisotopic (exact) mass is 435 g/mol. The van der Waals surface area contributed by atoms with Crippen molar-refractivity contribution in [3.05, 3.63) is 70.5 Å². The molecule has 2 aromatic heterocycles. The molecule has 3 heterocycles. The van der Waals surface area contributed by atoms with Crippen molar-refractivity contribution in [1.29, 1.82) is 0 Å². The third kappa shape index (κ3) is 4.91. The van der Waals surface area contributed by atoms with Gasteiger partial charge in [-0.2, -0.15) is 0 Å². The molecule has 0 radical (unpaired) electrons. The van der Waals surface area contributed by atoms with Gasteiger partial charge in [-0.1, -0.05) is 50.3 Å². The van der Waals surface area contributed by atoms with Crippen molar-refractivity contribution in [2.45, 2.75) is 39.2 Å². The number of hydrogen-bond acceptors (Lipinski definition) is 5. The minimum absolute atomic E-state index is 0.0711. The Hall–Kier alpha value is -3.26. The maximum absolute atomic E-state index is 12.7. The summed E-state index contributed by atoms with van der Waals surface area (Å²) in [5, 5.41) is 6.31. The van der Waals surface area contributed by atoms with Crippen LogP contribution in [0, 0.1) is 0 Å². The summed E-state index contributed by atoms with van der Waals surface area (Å²) in [6, 6.07) is 13.0. The van der Waals surface area contributed by atoms with Crippen LogP contribution in [0.5, 0.6) is 0 Å². The quantitative estimate of drug-likeness (QED) is 0.625. The molecule has 0 saturated carbocycles. The number of fused-ring (bicyclic) bond motifs is 1. The molecule has 1 aromatic carbocycles. The van der Waals surface area contributed by atoms with E-state index in [1.165, 1.54) is 16.9 Å². The van der Waals surface area contributed by atoms with Gasteiger partial charge in [-0.15, -0.1) is 0 Å². The number of amides is 3. The zero-order valence-corrected chi connectivity index (χ0v) is 18.6. The summed E-state index contributed by atoms with van der Waals surface area (Å²) in [5.41, 5.74) is 3.34. The molecule has 0 saturated heterocycles. The van der Waals surface area contributed by atoms with E-state index in [1.807, 2.05) is 24.3 Å². The van der Waals surface area contributed by atoms with E-state index in [0.29, 0.717) is 30.3 Å². The van der Waals surface area contributed by atoms with Crippen molar-refractivity contribution >= 4 is 34.1 Å². The van der Waals surface area contributed by atoms with E-state index >= 15 is 0 Å². The lowest BCUT2D eigenvalue weighted by atomic mass is 9.87. The Morgan fingerprint density at radius 3 is 2.52 bits per heavy atom. The van der Waals surface area contributed by atoms with Gasteiger partial charge in [0.2, 0.25) is 0 Å². The molecule has 8 heteroatoms. The minimum atomic E-state index is -0.292. The molecule has 1 aliphatic rings. The summed E-state index contributed by atoms with van der Waals surface area (Å²) in [6.07, 6.45) is 2.23. The Morgan fingerprint density at radius 1 is 1.06 bits per heavy atom. The van der Waals surface area contributed by atoms with Gasteiger partial charge in [0.25, 0.3) is 5.91 Å². The first kappa shape index (κ1) is 21.0. The van der Waals surface area contributed by atoms with Crippen molar-refractivity contribution in [1.82, 2.24) is 14.9 Å². The number of pyridine rings is 1. The lowest BCUT2D eigenvalue weighted by Gasteiger charge is -2.26. The van der Waals surface area contributed by atoms with Crippen LogP contribution < -0.4 is 10.6 Å². The summed E-state index contributed by atoms with van der Waals surface area (Å²) in [6.45, 7) is 7.53. The molecular weight excluding hydrogens is 410 g/mol. The highest BCUT2D eigenvalue weighted by Crippen LogP contribution is 2.29. The fourth-order valence-corrected chi connectivity index (χ4v) is 4.36. The number of nitrogens with zero attached hydrogens (tertiary/aromatic N) is 3. The van der Waals surface area contributed by atoms with Crippen LogP contribution >= 0.6 is 11.3 Å². The second-order valence-corrected chi connectivity index (χ2v) is 9.57. The van der Waals surface area contributed by atoms with Gasteiger partial charge < -0.3 is 10.2 Å². The number of anilines is 2. The van der Waals surface area contributed by atoms with Gasteiger partial charge in [-0.3, -0.25) is 15.1 Å². The molecule has 0 atom stereocenters. The van der Waals surface area contributed by atoms with Crippen LogP contribution in [0.25, 0.3) is 0 Å². The van der Waals surface area contributed by atoms with Crippen LogP contribution in [0.4, 0.5) is 15.6 Å². The third-order valence-corrected chi connectivity index (χ3v) is 6.14. The Balaban J connectivity index is 1.38. The van der Waals surface area contributed by atoms with Crippen molar-refractivity contribution in [2.75, 3.05) is 17.2 Å². The van der Waals surface area contributed by atoms with Crippen molar-refractivity contribution in [3.63, 3.8) is 0 Å². The molecule has 1 aliphatic heterocycles. The fourth-order valence-electron chi connectivity index (χ4n) is 3.34. The molecule has 3 aromatic rings. The molecule has 0 bridgehead atoms. The predicted octanol–water partition coefficient (Wildman–Crippen LogP) is 4.68. The van der Waals surface area contributed by atoms with Gasteiger partial charge in [0.15, 0.2) is 5.13 Å². The summed E-state index contributed by atoms with van der Waals surface area (Å²) in [4.78, 5) is 36.4. The number of benzene rings is 1. The smallest absolute Gasteiger partial charge is 0.319 e. The highest BCUT2D eigenvalue weighted by molar-refractivity contribution is 7.15. The molecule has 0 fully saturated rings. The predicted molar refractivity (Wildman–Crippen MR) is 123 cm³/mol. The molecule has 0 spiro atoms. The molecule has 0 unspecified atom stereocenters. The average Bonchev–Trinajstić information content (AvgIpc) is 3.15. The summed E-state index contributed by atoms with van der Waals surface area (Å²) in [5.74, 6) is -0.292. The summed E-state index contributed by atoms with van der Waals surface area (Å²) in [7, 11) is 0. The van der Waals surface area contributed by atoms with Gasteiger partial charge in [0.1, 0.15) is 5.69 Å². The Kier molecular flexibility index (Phi) is 5.73. The largest absolute Gasteiger partial charge is 0.322 e. The molecule has 2 N–H and O–H groups in total. The van der Waals surface area contributed by atoms with E-state index in [9.17, 15) is 9.59 Å². The Bertz CT molecular complexity index is 1090. The van der Waals surface area contributed by atoms with Gasteiger partial charge >= 0.3 is 6.03 Å². The number of carbonyl (C=O) groups is 2. The second-order valence-electron chi connectivity index (χ2n) is 8.49. The SMILES string of the molecule is CC(C)(C)c1ccc(NC(=O)N2CCc3nc(NC(=O)c4ccccn4)sc3C2)cc1. The van der Waals surface area contributed by atoms with Crippen LogP contribution in [0.3, 0.4) is 0 Å². The van der Waals surface area contributed by atoms with Crippen LogP contribution in [0.1, 0.15) is 47.4 Å². The molecule has 0 aliphatic carbocycles. The van der Waals surface area contributed by atoms with Gasteiger partial charge in [-0.05, 0) is 35.2 Å². The number of nitrogens with one attached hydrogen (secondary N) is 2. The van der Waals surface area contributed by atoms with Gasteiger partial charge in [-0.25, -0.2) is 9.78 Å². The molecule has 160 valence electrons. The first-order valence-electron chi connectivity index (χ1n) is 10.2. The second kappa shape index (κ2) is 8.47. The van der Waals surface area contributed by atoms with Gasteiger partial charge in [0.05, 0.1) is 12.2 Å². The third-order valence-electron chi connectivity index (χ3n) is 5.14. The van der Waals surface area contributed by atoms with Crippen LogP contribution in [0.2, 0.25) is 0 Å². The number of aromatic nitrogens is 2. The van der Waals surface area contributed by atoms with Crippen LogP contribution in [-0.4, -0.2) is 33.4 Å². The molecule has 4 rings (SSSR count). The van der Waals surface area contributed by atoms with E-state index in [1.54, 1.807) is 29.3 Å². The Morgan fingerprint density at radius 2 is 1.84 bits per heavy atom. The summed E-state index contributed by atoms with van der Waals surface area (Å²) < 4.78 is 0. The van der Waals surface area contributed by atoms with Crippen molar-refractivity contribution < 1.29 is 9.59 Å². The van der Waals surface area contributed by atoms with Crippen molar-refractivity contribution in [2.24, 2.45) is 0 Å². The maximum Gasteiger partial charge on any atom is 0.322 e. The van der Waals surface area contributed by atoms with Crippen molar-refractivity contribution in [3.8, 4) is 0 Å². The minimum Gasteiger partial charge on any atom is -0.319 e. The number of hydrogen-bond donors (Lipinski definition) is 2. The van der Waals surface area contributed by atoms with E-state index < -0.39 is 0 Å². The standard InChI is InChI=1S/C23H25N5O2S/c1-23(2,3)15-7-9-16(10-8-15)25-22(30)28-13-11-17-19(14-28)31-21(26-17)27-20(29)18-6-4-5-12-24-18/h4-10,12H,11,13-14H2,1-3H3,(H,25,30)(H,26,27,29). The van der Waals surface area contributed by atoms with E-state index in [0.717, 1.165) is 16.3 Å². The number of rotatable bonds is 3. The van der Waals surface area contributed by atoms with E-state index in [2.05, 4.69) is 41.4 Å². The lowest BCUT2D eigenvalue weighted by Crippen LogP contribution is -2.38. The molecule has 7 nitrogen and oxygen atoms in total. The maximum atomic E-state index is 12.7. The zero-order chi connectivity index (χ0) is 22.0. The Labute approximate surface area is 185 Å². The highest BCUT2D eigenvalue weighted by Gasteiger charge is 2.25. The highest BCUT2D eigenvalue weighted by atomic mass is 32.1. The number of urea groups is 1. The summed E-state index contributed by atoms with van der Waals surface area (Å²) >= 11 is 1.40. The fraction of sp³-hybridized carbons (Fsp3) is 0.304. The number of carbonyl (C=O) groups excluding carboxylic acids is 2. The van der Waals surface area contributed by atoms with Gasteiger partial charge in [0, 0.05) is 29.7 Å². The van der Waals surface area contributed by atoms with Crippen LogP contribution in [0.15, 0.2) is 48.7 Å². The lowest BCUT2D eigenvalue weighted by molar-refractivity contribution is 0.102. The molecule has 3 amide bonds.